The lowest BCUT2D eigenvalue weighted by Gasteiger charge is -2.14. The number of hydrogen-bond donors (Lipinski definition) is 2. The fourth-order valence-corrected chi connectivity index (χ4v) is 2.07. The smallest absolute Gasteiger partial charge is 0.101 e. The molecular weight excluding hydrogens is 308 g/mol. The fourth-order valence-electron chi connectivity index (χ4n) is 1.71. The molecule has 5 heteroatoms. The van der Waals surface area contributed by atoms with Crippen molar-refractivity contribution in [2.45, 2.75) is 18.9 Å². The highest BCUT2D eigenvalue weighted by Crippen LogP contribution is 2.28. The molecule has 0 aromatic heterocycles. The normalized spacial score (nSPS) is 15.8. The van der Waals surface area contributed by atoms with Crippen molar-refractivity contribution in [1.82, 2.24) is 0 Å². The molecular formula is C14H17BrN2O2. The molecule has 1 saturated carbocycles. The van der Waals surface area contributed by atoms with E-state index >= 15 is 0 Å². The van der Waals surface area contributed by atoms with Gasteiger partial charge < -0.3 is 15.2 Å². The summed E-state index contributed by atoms with van der Waals surface area (Å²) in [6.45, 7) is 1.46. The minimum absolute atomic E-state index is 0.335. The summed E-state index contributed by atoms with van der Waals surface area (Å²) in [6.07, 6.45) is 1.94. The molecule has 0 heterocycles. The standard InChI is InChI=1S/C14H17BrN2O2/c15-12-3-4-14(11(5-12)6-16)17-7-13(18)9-19-8-10-1-2-10/h3-5,10,13,17-18H,1-2,7-9H2. The Morgan fingerprint density at radius 2 is 2.32 bits per heavy atom. The van der Waals surface area contributed by atoms with Crippen LogP contribution in [0.1, 0.15) is 18.4 Å². The maximum Gasteiger partial charge on any atom is 0.101 e. The molecule has 0 spiro atoms. The maximum absolute atomic E-state index is 9.78. The predicted molar refractivity (Wildman–Crippen MR) is 76.9 cm³/mol. The van der Waals surface area contributed by atoms with E-state index in [-0.39, 0.29) is 0 Å². The topological polar surface area (TPSA) is 65.3 Å². The molecule has 1 aliphatic carbocycles. The Labute approximate surface area is 121 Å². The van der Waals surface area contributed by atoms with Gasteiger partial charge in [0.25, 0.3) is 0 Å². The Morgan fingerprint density at radius 1 is 1.53 bits per heavy atom. The number of anilines is 1. The zero-order valence-electron chi connectivity index (χ0n) is 10.6. The molecule has 1 aromatic carbocycles. The van der Waals surface area contributed by atoms with Gasteiger partial charge in [0.15, 0.2) is 0 Å². The predicted octanol–water partition coefficient (Wildman–Crippen LogP) is 2.52. The Hall–Kier alpha value is -1.09. The summed E-state index contributed by atoms with van der Waals surface area (Å²) >= 11 is 3.32. The number of benzene rings is 1. The molecule has 1 fully saturated rings. The largest absolute Gasteiger partial charge is 0.389 e. The average Bonchev–Trinajstić information content (AvgIpc) is 3.21. The van der Waals surface area contributed by atoms with E-state index in [2.05, 4.69) is 27.3 Å². The molecule has 19 heavy (non-hydrogen) atoms. The van der Waals surface area contributed by atoms with Crippen LogP contribution in [0.5, 0.6) is 0 Å². The van der Waals surface area contributed by atoms with Gasteiger partial charge >= 0.3 is 0 Å². The van der Waals surface area contributed by atoms with Crippen LogP contribution in [-0.2, 0) is 4.74 Å². The first kappa shape index (κ1) is 14.3. The second-order valence-electron chi connectivity index (χ2n) is 4.82. The average molecular weight is 325 g/mol. The van der Waals surface area contributed by atoms with E-state index in [1.807, 2.05) is 12.1 Å². The van der Waals surface area contributed by atoms with Crippen molar-refractivity contribution in [3.63, 3.8) is 0 Å². The quantitative estimate of drug-likeness (QED) is 0.808. The highest BCUT2D eigenvalue weighted by molar-refractivity contribution is 9.10. The number of nitriles is 1. The molecule has 1 unspecified atom stereocenters. The van der Waals surface area contributed by atoms with E-state index in [4.69, 9.17) is 10.00 Å². The van der Waals surface area contributed by atoms with Crippen LogP contribution in [0, 0.1) is 17.2 Å². The molecule has 2 N–H and O–H groups in total. The van der Waals surface area contributed by atoms with Crippen LogP contribution >= 0.6 is 15.9 Å². The second-order valence-corrected chi connectivity index (χ2v) is 5.73. The van der Waals surface area contributed by atoms with E-state index in [0.29, 0.717) is 24.6 Å². The van der Waals surface area contributed by atoms with Gasteiger partial charge in [0.05, 0.1) is 24.0 Å². The third kappa shape index (κ3) is 4.83. The molecule has 0 radical (unpaired) electrons. The highest BCUT2D eigenvalue weighted by Gasteiger charge is 2.21. The van der Waals surface area contributed by atoms with Gasteiger partial charge in [0, 0.05) is 17.6 Å². The monoisotopic (exact) mass is 324 g/mol. The van der Waals surface area contributed by atoms with Crippen molar-refractivity contribution in [3.05, 3.63) is 28.2 Å². The van der Waals surface area contributed by atoms with Crippen molar-refractivity contribution in [3.8, 4) is 6.07 Å². The van der Waals surface area contributed by atoms with E-state index in [1.54, 1.807) is 6.07 Å². The summed E-state index contributed by atoms with van der Waals surface area (Å²) in [4.78, 5) is 0. The number of hydrogen-bond acceptors (Lipinski definition) is 4. The second kappa shape index (κ2) is 6.90. The van der Waals surface area contributed by atoms with Gasteiger partial charge in [-0.05, 0) is 37.0 Å². The molecule has 2 rings (SSSR count). The number of aliphatic hydroxyl groups excluding tert-OH is 1. The lowest BCUT2D eigenvalue weighted by molar-refractivity contribution is 0.0386. The van der Waals surface area contributed by atoms with E-state index < -0.39 is 6.10 Å². The molecule has 0 amide bonds. The Bertz CT molecular complexity index is 469. The van der Waals surface area contributed by atoms with Gasteiger partial charge in [-0.25, -0.2) is 0 Å². The molecule has 1 atom stereocenters. The first-order valence-corrected chi connectivity index (χ1v) is 7.17. The number of nitrogens with zero attached hydrogens (tertiary/aromatic N) is 1. The molecule has 102 valence electrons. The first-order valence-electron chi connectivity index (χ1n) is 6.38. The Morgan fingerprint density at radius 3 is 3.00 bits per heavy atom. The van der Waals surface area contributed by atoms with Gasteiger partial charge in [-0.2, -0.15) is 5.26 Å². The van der Waals surface area contributed by atoms with Gasteiger partial charge in [-0.15, -0.1) is 0 Å². The minimum Gasteiger partial charge on any atom is -0.389 e. The molecule has 1 aliphatic rings. The van der Waals surface area contributed by atoms with E-state index in [9.17, 15) is 5.11 Å². The first-order chi connectivity index (χ1) is 9.19. The zero-order valence-corrected chi connectivity index (χ0v) is 12.2. The fraction of sp³-hybridized carbons (Fsp3) is 0.500. The van der Waals surface area contributed by atoms with Crippen LogP contribution in [0.25, 0.3) is 0 Å². The molecule has 0 saturated heterocycles. The summed E-state index contributed by atoms with van der Waals surface area (Å²) in [7, 11) is 0. The SMILES string of the molecule is N#Cc1cc(Br)ccc1NCC(O)COCC1CC1. The van der Waals surface area contributed by atoms with Crippen LogP contribution in [0.3, 0.4) is 0 Å². The Kier molecular flexibility index (Phi) is 5.20. The highest BCUT2D eigenvalue weighted by atomic mass is 79.9. The summed E-state index contributed by atoms with van der Waals surface area (Å²) in [5, 5.41) is 21.9. The lowest BCUT2D eigenvalue weighted by Crippen LogP contribution is -2.25. The molecule has 0 aliphatic heterocycles. The van der Waals surface area contributed by atoms with Gasteiger partial charge in [-0.1, -0.05) is 15.9 Å². The molecule has 1 aromatic rings. The summed E-state index contributed by atoms with van der Waals surface area (Å²) in [5.74, 6) is 0.705. The van der Waals surface area contributed by atoms with Crippen LogP contribution in [-0.4, -0.2) is 31.0 Å². The summed E-state index contributed by atoms with van der Waals surface area (Å²) in [6, 6.07) is 7.55. The lowest BCUT2D eigenvalue weighted by atomic mass is 10.2. The van der Waals surface area contributed by atoms with Crippen molar-refractivity contribution in [2.24, 2.45) is 5.92 Å². The van der Waals surface area contributed by atoms with Crippen molar-refractivity contribution < 1.29 is 9.84 Å². The molecule has 4 nitrogen and oxygen atoms in total. The van der Waals surface area contributed by atoms with Gasteiger partial charge in [0.2, 0.25) is 0 Å². The molecule has 0 bridgehead atoms. The van der Waals surface area contributed by atoms with Crippen molar-refractivity contribution in [1.29, 1.82) is 5.26 Å². The van der Waals surface area contributed by atoms with Crippen molar-refractivity contribution in [2.75, 3.05) is 25.1 Å². The number of nitrogens with one attached hydrogen (secondary N) is 1. The van der Waals surface area contributed by atoms with E-state index in [1.165, 1.54) is 12.8 Å². The van der Waals surface area contributed by atoms with Crippen LogP contribution in [0.4, 0.5) is 5.69 Å². The zero-order chi connectivity index (χ0) is 13.7. The van der Waals surface area contributed by atoms with Crippen LogP contribution in [0.15, 0.2) is 22.7 Å². The minimum atomic E-state index is -0.561. The summed E-state index contributed by atoms with van der Waals surface area (Å²) < 4.78 is 6.28. The maximum atomic E-state index is 9.78. The summed E-state index contributed by atoms with van der Waals surface area (Å²) in [5.41, 5.74) is 1.28. The Balaban J connectivity index is 1.75. The van der Waals surface area contributed by atoms with E-state index in [0.717, 1.165) is 16.8 Å². The third-order valence-corrected chi connectivity index (χ3v) is 3.48. The number of aliphatic hydroxyl groups is 1. The number of ether oxygens (including phenoxy) is 1. The van der Waals surface area contributed by atoms with Crippen LogP contribution < -0.4 is 5.32 Å². The number of rotatable bonds is 7. The van der Waals surface area contributed by atoms with Crippen molar-refractivity contribution >= 4 is 21.6 Å². The van der Waals surface area contributed by atoms with Gasteiger partial charge in [-0.3, -0.25) is 0 Å². The van der Waals surface area contributed by atoms with Crippen LogP contribution in [0.2, 0.25) is 0 Å². The van der Waals surface area contributed by atoms with Gasteiger partial charge in [0.1, 0.15) is 6.07 Å². The number of halogens is 1. The third-order valence-electron chi connectivity index (χ3n) is 2.99.